The number of aryl methyl sites for hydroxylation is 2. The molecule has 30 heavy (non-hydrogen) atoms. The number of thioether (sulfide) groups is 1. The number of rotatable bonds is 11. The lowest BCUT2D eigenvalue weighted by atomic mass is 10.2. The van der Waals surface area contributed by atoms with Crippen LogP contribution in [0.1, 0.15) is 37.6 Å². The molecule has 0 bridgehead atoms. The van der Waals surface area contributed by atoms with E-state index in [9.17, 15) is 8.78 Å². The van der Waals surface area contributed by atoms with Gasteiger partial charge >= 0.3 is 0 Å². The van der Waals surface area contributed by atoms with Crippen LogP contribution in [0, 0.1) is 18.6 Å². The molecule has 0 saturated heterocycles. The van der Waals surface area contributed by atoms with E-state index in [1.165, 1.54) is 23.9 Å². The second kappa shape index (κ2) is 10.7. The summed E-state index contributed by atoms with van der Waals surface area (Å²) in [6, 6.07) is 3.72. The minimum Gasteiger partial charge on any atom is -0.382 e. The van der Waals surface area contributed by atoms with Crippen LogP contribution in [0.3, 0.4) is 0 Å². The fraction of sp³-hybridized carbons (Fsp3) is 0.455. The van der Waals surface area contributed by atoms with Crippen molar-refractivity contribution in [3.63, 3.8) is 0 Å². The van der Waals surface area contributed by atoms with Crippen molar-refractivity contribution in [2.24, 2.45) is 0 Å². The monoisotopic (exact) mass is 434 g/mol. The number of nitrogens with zero attached hydrogens (tertiary/aromatic N) is 3. The zero-order valence-electron chi connectivity index (χ0n) is 17.5. The average Bonchev–Trinajstić information content (AvgIpc) is 3.09. The van der Waals surface area contributed by atoms with Gasteiger partial charge in [0.05, 0.1) is 12.1 Å². The first-order chi connectivity index (χ1) is 14.5. The van der Waals surface area contributed by atoms with Crippen LogP contribution in [-0.2, 0) is 17.7 Å². The van der Waals surface area contributed by atoms with Gasteiger partial charge < -0.3 is 15.0 Å². The van der Waals surface area contributed by atoms with E-state index in [1.807, 2.05) is 13.8 Å². The number of halogens is 2. The summed E-state index contributed by atoms with van der Waals surface area (Å²) < 4.78 is 34.4. The molecule has 0 saturated carbocycles. The summed E-state index contributed by atoms with van der Waals surface area (Å²) in [6.45, 7) is 6.12. The Bertz CT molecular complexity index is 993. The van der Waals surface area contributed by atoms with Crippen LogP contribution < -0.4 is 5.73 Å². The van der Waals surface area contributed by atoms with Gasteiger partial charge in [-0.1, -0.05) is 6.42 Å². The highest BCUT2D eigenvalue weighted by Gasteiger charge is 2.15. The Hall–Kier alpha value is -2.19. The second-order valence-corrected chi connectivity index (χ2v) is 8.27. The molecule has 8 heteroatoms. The number of anilines is 1. The van der Waals surface area contributed by atoms with Gasteiger partial charge in [-0.2, -0.15) is 0 Å². The molecule has 2 aromatic heterocycles. The van der Waals surface area contributed by atoms with E-state index in [0.29, 0.717) is 23.9 Å². The highest BCUT2D eigenvalue weighted by atomic mass is 32.2. The molecule has 2 N–H and O–H groups in total. The summed E-state index contributed by atoms with van der Waals surface area (Å²) in [5.74, 6) is 1.16. The van der Waals surface area contributed by atoms with Gasteiger partial charge in [0.1, 0.15) is 23.0 Å². The molecular weight excluding hydrogens is 406 g/mol. The number of nitrogens with two attached hydrogens (primary N) is 1. The third-order valence-electron chi connectivity index (χ3n) is 4.91. The number of hydrogen-bond acceptors (Lipinski definition) is 5. The molecule has 0 atom stereocenters. The lowest BCUT2D eigenvalue weighted by Crippen LogP contribution is -2.08. The molecule has 0 fully saturated rings. The summed E-state index contributed by atoms with van der Waals surface area (Å²) >= 11 is 1.43. The van der Waals surface area contributed by atoms with Crippen molar-refractivity contribution in [2.75, 3.05) is 24.7 Å². The number of aromatic nitrogens is 3. The number of fused-ring (bicyclic) bond motifs is 1. The van der Waals surface area contributed by atoms with Crippen molar-refractivity contribution in [3.8, 4) is 0 Å². The molecule has 162 valence electrons. The predicted octanol–water partition coefficient (Wildman–Crippen LogP) is 5.14. The lowest BCUT2D eigenvalue weighted by Gasteiger charge is -2.11. The largest absolute Gasteiger partial charge is 0.382 e. The summed E-state index contributed by atoms with van der Waals surface area (Å²) in [5.41, 5.74) is 8.90. The Morgan fingerprint density at radius 3 is 2.80 bits per heavy atom. The van der Waals surface area contributed by atoms with Gasteiger partial charge in [-0.15, -0.1) is 11.8 Å². The van der Waals surface area contributed by atoms with E-state index < -0.39 is 11.6 Å². The number of unbranched alkanes of at least 4 members (excludes halogenated alkanes) is 2. The third kappa shape index (κ3) is 5.49. The standard InChI is InChI=1S/C22H28F2N4OS/c1-3-29-11-9-19-27-20-21(15(2)14-26-22(20)25)28(19)10-5-4-6-12-30-18-8-7-16(23)13-17(18)24/h7-8,13-14H,3-6,9-12H2,1-2H3,(H2,25,26). The first kappa shape index (κ1) is 22.5. The van der Waals surface area contributed by atoms with Gasteiger partial charge in [-0.25, -0.2) is 18.7 Å². The van der Waals surface area contributed by atoms with E-state index in [1.54, 1.807) is 6.20 Å². The summed E-state index contributed by atoms with van der Waals surface area (Å²) in [4.78, 5) is 9.46. The van der Waals surface area contributed by atoms with Crippen LogP contribution in [0.25, 0.3) is 11.0 Å². The minimum absolute atomic E-state index is 0.449. The normalized spacial score (nSPS) is 11.5. The molecule has 5 nitrogen and oxygen atoms in total. The molecule has 0 unspecified atom stereocenters. The highest BCUT2D eigenvalue weighted by molar-refractivity contribution is 7.99. The third-order valence-corrected chi connectivity index (χ3v) is 6.05. The fourth-order valence-corrected chi connectivity index (χ4v) is 4.36. The Kier molecular flexibility index (Phi) is 8.04. The van der Waals surface area contributed by atoms with Crippen molar-refractivity contribution < 1.29 is 13.5 Å². The van der Waals surface area contributed by atoms with Gasteiger partial charge in [0, 0.05) is 36.7 Å². The first-order valence-electron chi connectivity index (χ1n) is 10.3. The van der Waals surface area contributed by atoms with Crippen LogP contribution in [0.2, 0.25) is 0 Å². The first-order valence-corrected chi connectivity index (χ1v) is 11.3. The summed E-state index contributed by atoms with van der Waals surface area (Å²) in [6.07, 6.45) is 5.43. The van der Waals surface area contributed by atoms with Gasteiger partial charge in [0.2, 0.25) is 0 Å². The maximum Gasteiger partial charge on any atom is 0.151 e. The number of nitrogen functional groups attached to an aromatic ring is 1. The molecule has 2 heterocycles. The summed E-state index contributed by atoms with van der Waals surface area (Å²) in [5, 5.41) is 0. The number of imidazole rings is 1. The SMILES string of the molecule is CCOCCc1nc2c(N)ncc(C)c2n1CCCCCSc1ccc(F)cc1F. The van der Waals surface area contributed by atoms with E-state index >= 15 is 0 Å². The number of hydrogen-bond donors (Lipinski definition) is 1. The topological polar surface area (TPSA) is 66.0 Å². The maximum absolute atomic E-state index is 13.7. The zero-order valence-corrected chi connectivity index (χ0v) is 18.3. The molecule has 0 aliphatic heterocycles. The molecule has 3 aromatic rings. The highest BCUT2D eigenvalue weighted by Crippen LogP contribution is 2.26. The van der Waals surface area contributed by atoms with Crippen LogP contribution in [-0.4, -0.2) is 33.5 Å². The lowest BCUT2D eigenvalue weighted by molar-refractivity contribution is 0.149. The van der Waals surface area contributed by atoms with Crippen molar-refractivity contribution >= 4 is 28.6 Å². The number of pyridine rings is 1. The Labute approximate surface area is 180 Å². The minimum atomic E-state index is -0.546. The Balaban J connectivity index is 1.59. The van der Waals surface area contributed by atoms with Gasteiger partial charge in [-0.05, 0) is 50.1 Å². The molecular formula is C22H28F2N4OS. The molecule has 1 aromatic carbocycles. The molecule has 0 aliphatic rings. The van der Waals surface area contributed by atoms with E-state index in [-0.39, 0.29) is 0 Å². The maximum atomic E-state index is 13.7. The average molecular weight is 435 g/mol. The Morgan fingerprint density at radius 2 is 2.03 bits per heavy atom. The number of benzene rings is 1. The Morgan fingerprint density at radius 1 is 1.20 bits per heavy atom. The molecule has 0 spiro atoms. The van der Waals surface area contributed by atoms with Crippen LogP contribution in [0.15, 0.2) is 29.3 Å². The van der Waals surface area contributed by atoms with Gasteiger partial charge in [-0.3, -0.25) is 0 Å². The fourth-order valence-electron chi connectivity index (χ4n) is 3.43. The second-order valence-electron chi connectivity index (χ2n) is 7.13. The molecule has 0 radical (unpaired) electrons. The summed E-state index contributed by atoms with van der Waals surface area (Å²) in [7, 11) is 0. The van der Waals surface area contributed by atoms with Crippen molar-refractivity contribution in [1.29, 1.82) is 0 Å². The van der Waals surface area contributed by atoms with E-state index in [0.717, 1.165) is 66.5 Å². The van der Waals surface area contributed by atoms with Crippen LogP contribution in [0.5, 0.6) is 0 Å². The quantitative estimate of drug-likeness (QED) is 0.334. The van der Waals surface area contributed by atoms with Crippen LogP contribution >= 0.6 is 11.8 Å². The van der Waals surface area contributed by atoms with Crippen molar-refractivity contribution in [1.82, 2.24) is 14.5 Å². The predicted molar refractivity (Wildman–Crippen MR) is 118 cm³/mol. The van der Waals surface area contributed by atoms with Gasteiger partial charge in [0.25, 0.3) is 0 Å². The van der Waals surface area contributed by atoms with Crippen molar-refractivity contribution in [2.45, 2.75) is 51.0 Å². The van der Waals surface area contributed by atoms with Gasteiger partial charge in [0.15, 0.2) is 5.82 Å². The van der Waals surface area contributed by atoms with E-state index in [2.05, 4.69) is 9.55 Å². The molecule has 3 rings (SSSR count). The van der Waals surface area contributed by atoms with Crippen molar-refractivity contribution in [3.05, 3.63) is 47.4 Å². The smallest absolute Gasteiger partial charge is 0.151 e. The zero-order chi connectivity index (χ0) is 21.5. The molecule has 0 aliphatic carbocycles. The molecule has 0 amide bonds. The van der Waals surface area contributed by atoms with Crippen LogP contribution in [0.4, 0.5) is 14.6 Å². The van der Waals surface area contributed by atoms with E-state index in [4.69, 9.17) is 15.5 Å². The number of ether oxygens (including phenoxy) is 1.